The highest BCUT2D eigenvalue weighted by atomic mass is 16.5. The zero-order valence-electron chi connectivity index (χ0n) is 9.73. The maximum absolute atomic E-state index is 11.8. The number of ether oxygens (including phenoxy) is 2. The number of hydrogen-bond donors (Lipinski definition) is 0. The van der Waals surface area contributed by atoms with Crippen molar-refractivity contribution >= 4 is 17.6 Å². The third kappa shape index (κ3) is 1.84. The molecule has 2 rings (SSSR count). The van der Waals surface area contributed by atoms with Crippen molar-refractivity contribution in [3.05, 3.63) is 23.8 Å². The lowest BCUT2D eigenvalue weighted by Crippen LogP contribution is -2.37. The van der Waals surface area contributed by atoms with Crippen LogP contribution in [0.2, 0.25) is 0 Å². The first-order valence-corrected chi connectivity index (χ1v) is 5.24. The van der Waals surface area contributed by atoms with E-state index >= 15 is 0 Å². The quantitative estimate of drug-likeness (QED) is 0.745. The molecule has 0 aromatic heterocycles. The van der Waals surface area contributed by atoms with E-state index in [9.17, 15) is 9.59 Å². The van der Waals surface area contributed by atoms with Crippen LogP contribution in [0.25, 0.3) is 0 Å². The summed E-state index contributed by atoms with van der Waals surface area (Å²) in [6.45, 7) is 0.318. The van der Waals surface area contributed by atoms with Crippen LogP contribution in [0.4, 0.5) is 10.5 Å². The molecule has 1 aliphatic rings. The standard InChI is InChI=1S/C12H13NO4/c1-16-10-5-3-4-8-9(14)6-7-13(11(8)10)12(15)17-2/h3-5H,6-7H2,1-2H3. The number of anilines is 1. The Kier molecular flexibility index (Phi) is 2.99. The Bertz CT molecular complexity index is 470. The largest absolute Gasteiger partial charge is 0.495 e. The number of Topliss-reactive ketones (excluding diaryl/α,β-unsaturated/α-hetero) is 1. The minimum Gasteiger partial charge on any atom is -0.495 e. The number of para-hydroxylation sites is 1. The maximum atomic E-state index is 11.8. The molecule has 0 unspecified atom stereocenters. The monoisotopic (exact) mass is 235 g/mol. The highest BCUT2D eigenvalue weighted by Gasteiger charge is 2.30. The van der Waals surface area contributed by atoms with Gasteiger partial charge in [0.2, 0.25) is 0 Å². The van der Waals surface area contributed by atoms with Crippen LogP contribution in [0.15, 0.2) is 18.2 Å². The summed E-state index contributed by atoms with van der Waals surface area (Å²) in [5, 5.41) is 0. The highest BCUT2D eigenvalue weighted by Crippen LogP contribution is 2.36. The van der Waals surface area contributed by atoms with Crippen LogP contribution < -0.4 is 9.64 Å². The first kappa shape index (κ1) is 11.4. The average molecular weight is 235 g/mol. The van der Waals surface area contributed by atoms with Gasteiger partial charge in [-0.1, -0.05) is 6.07 Å². The Morgan fingerprint density at radius 1 is 1.35 bits per heavy atom. The molecule has 5 nitrogen and oxygen atoms in total. The lowest BCUT2D eigenvalue weighted by Gasteiger charge is -2.28. The van der Waals surface area contributed by atoms with Gasteiger partial charge in [-0.2, -0.15) is 0 Å². The van der Waals surface area contributed by atoms with E-state index in [-0.39, 0.29) is 5.78 Å². The third-order valence-corrected chi connectivity index (χ3v) is 2.75. The molecular formula is C12H13NO4. The summed E-state index contributed by atoms with van der Waals surface area (Å²) < 4.78 is 9.89. The highest BCUT2D eigenvalue weighted by molar-refractivity contribution is 6.09. The van der Waals surface area contributed by atoms with Crippen molar-refractivity contribution in [2.45, 2.75) is 6.42 Å². The molecule has 0 saturated carbocycles. The molecule has 1 heterocycles. The average Bonchev–Trinajstić information content (AvgIpc) is 2.38. The summed E-state index contributed by atoms with van der Waals surface area (Å²) in [5.74, 6) is 0.514. The number of fused-ring (bicyclic) bond motifs is 1. The SMILES string of the molecule is COC(=O)N1CCC(=O)c2cccc(OC)c21. The number of methoxy groups -OCH3 is 2. The van der Waals surface area contributed by atoms with Gasteiger partial charge in [-0.3, -0.25) is 9.69 Å². The summed E-state index contributed by atoms with van der Waals surface area (Å²) in [5.41, 5.74) is 0.999. The first-order valence-electron chi connectivity index (χ1n) is 5.24. The number of ketones is 1. The number of amides is 1. The summed E-state index contributed by atoms with van der Waals surface area (Å²) in [4.78, 5) is 24.8. The minimum absolute atomic E-state index is 0.0130. The number of benzene rings is 1. The van der Waals surface area contributed by atoms with Gasteiger partial charge in [-0.25, -0.2) is 4.79 Å². The van der Waals surface area contributed by atoms with Crippen molar-refractivity contribution < 1.29 is 19.1 Å². The molecule has 0 spiro atoms. The van der Waals surface area contributed by atoms with Crippen molar-refractivity contribution in [2.24, 2.45) is 0 Å². The van der Waals surface area contributed by atoms with E-state index in [0.29, 0.717) is 30.0 Å². The van der Waals surface area contributed by atoms with Gasteiger partial charge < -0.3 is 9.47 Å². The Morgan fingerprint density at radius 3 is 2.76 bits per heavy atom. The molecule has 17 heavy (non-hydrogen) atoms. The number of hydrogen-bond acceptors (Lipinski definition) is 4. The van der Waals surface area contributed by atoms with Crippen LogP contribution in [-0.2, 0) is 4.74 Å². The fraction of sp³-hybridized carbons (Fsp3) is 0.333. The second kappa shape index (κ2) is 4.45. The minimum atomic E-state index is -0.483. The Labute approximate surface area is 98.9 Å². The lowest BCUT2D eigenvalue weighted by molar-refractivity contribution is 0.0978. The van der Waals surface area contributed by atoms with Crippen LogP contribution in [0.1, 0.15) is 16.8 Å². The predicted molar refractivity (Wildman–Crippen MR) is 61.7 cm³/mol. The number of rotatable bonds is 1. The second-order valence-corrected chi connectivity index (χ2v) is 3.65. The lowest BCUT2D eigenvalue weighted by atomic mass is 10.00. The van der Waals surface area contributed by atoms with Crippen molar-refractivity contribution in [1.29, 1.82) is 0 Å². The van der Waals surface area contributed by atoms with Crippen molar-refractivity contribution in [2.75, 3.05) is 25.7 Å². The normalized spacial score (nSPS) is 14.2. The van der Waals surface area contributed by atoms with E-state index in [1.165, 1.54) is 19.1 Å². The molecule has 1 aromatic carbocycles. The summed E-state index contributed by atoms with van der Waals surface area (Å²) in [7, 11) is 2.82. The van der Waals surface area contributed by atoms with Gasteiger partial charge >= 0.3 is 6.09 Å². The van der Waals surface area contributed by atoms with Gasteiger partial charge in [-0.15, -0.1) is 0 Å². The fourth-order valence-corrected chi connectivity index (χ4v) is 1.94. The van der Waals surface area contributed by atoms with Crippen molar-refractivity contribution in [3.8, 4) is 5.75 Å². The van der Waals surface area contributed by atoms with E-state index in [1.54, 1.807) is 18.2 Å². The maximum Gasteiger partial charge on any atom is 0.414 e. The van der Waals surface area contributed by atoms with E-state index in [4.69, 9.17) is 9.47 Å². The van der Waals surface area contributed by atoms with E-state index in [1.807, 2.05) is 0 Å². The molecule has 1 amide bonds. The zero-order valence-corrected chi connectivity index (χ0v) is 9.73. The van der Waals surface area contributed by atoms with Crippen LogP contribution >= 0.6 is 0 Å². The van der Waals surface area contributed by atoms with Gasteiger partial charge in [0.25, 0.3) is 0 Å². The van der Waals surface area contributed by atoms with Crippen LogP contribution in [0.3, 0.4) is 0 Å². The molecule has 1 aliphatic heterocycles. The molecule has 0 saturated heterocycles. The Morgan fingerprint density at radius 2 is 2.12 bits per heavy atom. The molecule has 0 fully saturated rings. The van der Waals surface area contributed by atoms with E-state index in [2.05, 4.69) is 0 Å². The number of carbonyl (C=O) groups excluding carboxylic acids is 2. The molecule has 0 atom stereocenters. The zero-order chi connectivity index (χ0) is 12.4. The topological polar surface area (TPSA) is 55.8 Å². The summed E-state index contributed by atoms with van der Waals surface area (Å²) in [6.07, 6.45) is -0.182. The molecule has 0 N–H and O–H groups in total. The van der Waals surface area contributed by atoms with Crippen molar-refractivity contribution in [3.63, 3.8) is 0 Å². The van der Waals surface area contributed by atoms with Crippen LogP contribution in [0.5, 0.6) is 5.75 Å². The van der Waals surface area contributed by atoms with Gasteiger partial charge in [0.1, 0.15) is 5.75 Å². The molecule has 1 aromatic rings. The summed E-state index contributed by atoms with van der Waals surface area (Å²) >= 11 is 0. The molecular weight excluding hydrogens is 222 g/mol. The molecule has 5 heteroatoms. The smallest absolute Gasteiger partial charge is 0.414 e. The Balaban J connectivity index is 2.56. The van der Waals surface area contributed by atoms with Crippen LogP contribution in [0, 0.1) is 0 Å². The molecule has 0 radical (unpaired) electrons. The number of nitrogens with zero attached hydrogens (tertiary/aromatic N) is 1. The van der Waals surface area contributed by atoms with Gasteiger partial charge in [0.15, 0.2) is 5.78 Å². The fourth-order valence-electron chi connectivity index (χ4n) is 1.94. The molecule has 90 valence electrons. The first-order chi connectivity index (χ1) is 8.19. The second-order valence-electron chi connectivity index (χ2n) is 3.65. The van der Waals surface area contributed by atoms with Gasteiger partial charge in [0, 0.05) is 18.5 Å². The van der Waals surface area contributed by atoms with E-state index < -0.39 is 6.09 Å². The van der Waals surface area contributed by atoms with Gasteiger partial charge in [-0.05, 0) is 12.1 Å². The van der Waals surface area contributed by atoms with Crippen molar-refractivity contribution in [1.82, 2.24) is 0 Å². The number of carbonyl (C=O) groups is 2. The van der Waals surface area contributed by atoms with E-state index in [0.717, 1.165) is 0 Å². The molecule has 0 aliphatic carbocycles. The third-order valence-electron chi connectivity index (χ3n) is 2.75. The molecule has 0 bridgehead atoms. The predicted octanol–water partition coefficient (Wildman–Crippen LogP) is 1.85. The Hall–Kier alpha value is -2.04. The summed E-state index contributed by atoms with van der Waals surface area (Å²) in [6, 6.07) is 5.14. The van der Waals surface area contributed by atoms with Crippen LogP contribution in [-0.4, -0.2) is 32.6 Å². The van der Waals surface area contributed by atoms with Gasteiger partial charge in [0.05, 0.1) is 19.9 Å².